The molecule has 4 heterocycles. The van der Waals surface area contributed by atoms with Crippen LogP contribution in [0.5, 0.6) is 0 Å². The van der Waals surface area contributed by atoms with E-state index in [-0.39, 0.29) is 22.6 Å². The fourth-order valence-corrected chi connectivity index (χ4v) is 8.28. The van der Waals surface area contributed by atoms with Gasteiger partial charge in [-0.3, -0.25) is 9.59 Å². The third-order valence-corrected chi connectivity index (χ3v) is 10.1. The van der Waals surface area contributed by atoms with Crippen LogP contribution in [0.4, 0.5) is 0 Å². The van der Waals surface area contributed by atoms with E-state index in [9.17, 15) is 19.2 Å². The zero-order valence-corrected chi connectivity index (χ0v) is 21.4. The van der Waals surface area contributed by atoms with E-state index < -0.39 is 51.9 Å². The monoisotopic (exact) mass is 520 g/mol. The number of benzene rings is 1. The third-order valence-electron chi connectivity index (χ3n) is 6.93. The summed E-state index contributed by atoms with van der Waals surface area (Å²) in [7, 11) is 0. The van der Waals surface area contributed by atoms with Gasteiger partial charge >= 0.3 is 11.9 Å². The summed E-state index contributed by atoms with van der Waals surface area (Å²) in [6.45, 7) is 7.40. The first-order valence-electron chi connectivity index (χ1n) is 11.3. The van der Waals surface area contributed by atoms with Crippen LogP contribution in [0.25, 0.3) is 0 Å². The molecule has 0 saturated carbocycles. The molecule has 5 rings (SSSR count). The SMILES string of the molecule is CC1(C)S[C@@H]2[C@H](N)C(=O)N2[C@H]1C(=O)OC(OC(=O)[C@@H]1N2C(=O)[C@@H](N)[C@H]2SC1(C)C)c1ccccc1. The number of carbonyl (C=O) groups excluding carboxylic acids is 4. The molecular weight excluding hydrogens is 492 g/mol. The number of nitrogens with zero attached hydrogens (tertiary/aromatic N) is 2. The normalized spacial score (nSPS) is 34.1. The third kappa shape index (κ3) is 3.64. The van der Waals surface area contributed by atoms with Gasteiger partial charge in [0.2, 0.25) is 11.8 Å². The quantitative estimate of drug-likeness (QED) is 0.321. The van der Waals surface area contributed by atoms with E-state index in [0.717, 1.165) is 0 Å². The highest BCUT2D eigenvalue weighted by molar-refractivity contribution is 8.02. The van der Waals surface area contributed by atoms with Crippen LogP contribution in [0.2, 0.25) is 0 Å². The summed E-state index contributed by atoms with van der Waals surface area (Å²) in [6, 6.07) is 5.52. The van der Waals surface area contributed by atoms with Crippen LogP contribution in [0.3, 0.4) is 0 Å². The number of hydrogen-bond acceptors (Lipinski definition) is 10. The summed E-state index contributed by atoms with van der Waals surface area (Å²) in [4.78, 5) is 54.5. The Balaban J connectivity index is 1.39. The Morgan fingerprint density at radius 3 is 1.63 bits per heavy atom. The number of esters is 2. The van der Waals surface area contributed by atoms with Gasteiger partial charge in [-0.25, -0.2) is 9.59 Å². The van der Waals surface area contributed by atoms with E-state index >= 15 is 0 Å². The van der Waals surface area contributed by atoms with Crippen LogP contribution < -0.4 is 11.5 Å². The second kappa shape index (κ2) is 8.12. The number of fused-ring (bicyclic) bond motifs is 2. The van der Waals surface area contributed by atoms with Crippen molar-refractivity contribution in [1.29, 1.82) is 0 Å². The maximum absolute atomic E-state index is 13.4. The molecule has 4 aliphatic heterocycles. The number of rotatable bonds is 5. The second-order valence-electron chi connectivity index (χ2n) is 10.2. The van der Waals surface area contributed by atoms with Gasteiger partial charge in [0.1, 0.15) is 34.9 Å². The van der Waals surface area contributed by atoms with Gasteiger partial charge in [0.25, 0.3) is 6.29 Å². The van der Waals surface area contributed by atoms with Crippen molar-refractivity contribution in [1.82, 2.24) is 9.80 Å². The molecule has 0 unspecified atom stereocenters. The van der Waals surface area contributed by atoms with Gasteiger partial charge in [0.15, 0.2) is 0 Å². The highest BCUT2D eigenvalue weighted by atomic mass is 32.2. The largest absolute Gasteiger partial charge is 0.419 e. The molecule has 6 atom stereocenters. The van der Waals surface area contributed by atoms with Gasteiger partial charge in [-0.15, -0.1) is 23.5 Å². The summed E-state index contributed by atoms with van der Waals surface area (Å²) < 4.78 is 10.2. The van der Waals surface area contributed by atoms with E-state index in [1.54, 1.807) is 30.3 Å². The topological polar surface area (TPSA) is 145 Å². The Morgan fingerprint density at radius 2 is 1.23 bits per heavy atom. The van der Waals surface area contributed by atoms with Gasteiger partial charge in [-0.05, 0) is 27.7 Å². The van der Waals surface area contributed by atoms with E-state index in [1.165, 1.54) is 33.3 Å². The molecule has 4 aliphatic rings. The smallest absolute Gasteiger partial charge is 0.333 e. The molecule has 0 bridgehead atoms. The van der Waals surface area contributed by atoms with Crippen molar-refractivity contribution in [3.63, 3.8) is 0 Å². The molecule has 0 aliphatic carbocycles. The molecule has 12 heteroatoms. The predicted molar refractivity (Wildman–Crippen MR) is 130 cm³/mol. The minimum atomic E-state index is -1.36. The molecule has 0 spiro atoms. The molecule has 4 N–H and O–H groups in total. The summed E-state index contributed by atoms with van der Waals surface area (Å²) >= 11 is 2.89. The Labute approximate surface area is 211 Å². The summed E-state index contributed by atoms with van der Waals surface area (Å²) in [6.07, 6.45) is -1.36. The van der Waals surface area contributed by atoms with E-state index in [4.69, 9.17) is 20.9 Å². The van der Waals surface area contributed by atoms with Crippen molar-refractivity contribution in [3.8, 4) is 0 Å². The number of thioether (sulfide) groups is 2. The molecule has 0 aromatic heterocycles. The molecule has 2 amide bonds. The van der Waals surface area contributed by atoms with Crippen molar-refractivity contribution < 1.29 is 28.7 Å². The summed E-state index contributed by atoms with van der Waals surface area (Å²) in [5, 5.41) is -0.606. The lowest BCUT2D eigenvalue weighted by Gasteiger charge is -2.42. The number of β-lactam (4-membered cyclic amide) rings is 2. The highest BCUT2D eigenvalue weighted by Crippen LogP contribution is 2.52. The molecule has 10 nitrogen and oxygen atoms in total. The standard InChI is InChI=1S/C23H28N4O6S2/c1-22(2)13(26-15(28)11(24)17(26)34-22)19(30)32-21(10-8-6-5-7-9-10)33-20(31)14-23(3,4)35-18-12(25)16(29)27(14)18/h5-9,11-14,17-18,21H,24-25H2,1-4H3/t11-,12-,13+,14+,17-,18-/m1/s1. The number of nitrogens with two attached hydrogens (primary N) is 2. The fourth-order valence-electron chi connectivity index (χ4n) is 5.16. The van der Waals surface area contributed by atoms with Crippen molar-refractivity contribution in [2.24, 2.45) is 11.5 Å². The Hall–Kier alpha value is -2.28. The molecule has 188 valence electrons. The molecule has 4 saturated heterocycles. The van der Waals surface area contributed by atoms with Crippen molar-refractivity contribution in [2.45, 2.75) is 78.4 Å². The first kappa shape index (κ1) is 24.4. The van der Waals surface area contributed by atoms with E-state index in [1.807, 2.05) is 27.7 Å². The van der Waals surface area contributed by atoms with Crippen LogP contribution in [0.15, 0.2) is 30.3 Å². The predicted octanol–water partition coefficient (Wildman–Crippen LogP) is 0.551. The number of hydrogen-bond donors (Lipinski definition) is 2. The lowest BCUT2D eigenvalue weighted by atomic mass is 9.96. The second-order valence-corrected chi connectivity index (χ2v) is 13.7. The van der Waals surface area contributed by atoms with Crippen LogP contribution >= 0.6 is 23.5 Å². The minimum Gasteiger partial charge on any atom is -0.419 e. The van der Waals surface area contributed by atoms with Crippen molar-refractivity contribution in [2.75, 3.05) is 0 Å². The maximum Gasteiger partial charge on any atom is 0.333 e. The minimum absolute atomic E-state index is 0.303. The van der Waals surface area contributed by atoms with E-state index in [2.05, 4.69) is 0 Å². The van der Waals surface area contributed by atoms with Crippen LogP contribution in [0, 0.1) is 0 Å². The van der Waals surface area contributed by atoms with Gasteiger partial charge in [0.05, 0.1) is 0 Å². The zero-order valence-electron chi connectivity index (χ0n) is 19.7. The average molecular weight is 521 g/mol. The molecule has 1 aromatic rings. The van der Waals surface area contributed by atoms with Gasteiger partial charge in [-0.1, -0.05) is 30.3 Å². The van der Waals surface area contributed by atoms with Crippen molar-refractivity contribution in [3.05, 3.63) is 35.9 Å². The summed E-state index contributed by atoms with van der Waals surface area (Å²) in [5.41, 5.74) is 12.3. The zero-order chi connectivity index (χ0) is 25.4. The first-order chi connectivity index (χ1) is 16.3. The van der Waals surface area contributed by atoms with Crippen LogP contribution in [-0.4, -0.2) is 78.0 Å². The van der Waals surface area contributed by atoms with Gasteiger partial charge in [0, 0.05) is 15.1 Å². The van der Waals surface area contributed by atoms with E-state index in [0.29, 0.717) is 5.56 Å². The molecule has 1 aromatic carbocycles. The van der Waals surface area contributed by atoms with Crippen molar-refractivity contribution >= 4 is 47.3 Å². The Bertz CT molecular complexity index is 1030. The Kier molecular flexibility index (Phi) is 5.66. The Morgan fingerprint density at radius 1 is 0.829 bits per heavy atom. The molecule has 0 radical (unpaired) electrons. The molecular formula is C23H28N4O6S2. The first-order valence-corrected chi connectivity index (χ1v) is 13.1. The van der Waals surface area contributed by atoms with Crippen LogP contribution in [0.1, 0.15) is 39.5 Å². The average Bonchev–Trinajstić information content (AvgIpc) is 3.23. The lowest BCUT2D eigenvalue weighted by Crippen LogP contribution is -2.69. The maximum atomic E-state index is 13.4. The fraction of sp³-hybridized carbons (Fsp3) is 0.565. The number of amides is 2. The molecule has 35 heavy (non-hydrogen) atoms. The lowest BCUT2D eigenvalue weighted by molar-refractivity contribution is -0.201. The highest BCUT2D eigenvalue weighted by Gasteiger charge is 2.65. The van der Waals surface area contributed by atoms with Crippen LogP contribution in [-0.2, 0) is 28.7 Å². The molecule has 4 fully saturated rings. The van der Waals surface area contributed by atoms with Gasteiger partial charge < -0.3 is 30.7 Å². The number of carbonyl (C=O) groups is 4. The van der Waals surface area contributed by atoms with Gasteiger partial charge in [-0.2, -0.15) is 0 Å². The summed E-state index contributed by atoms with van der Waals surface area (Å²) in [5.74, 6) is -2.00. The number of ether oxygens (including phenoxy) is 2.